The summed E-state index contributed by atoms with van der Waals surface area (Å²) in [4.78, 5) is 19.8. The van der Waals surface area contributed by atoms with Gasteiger partial charge in [-0.15, -0.1) is 0 Å². The van der Waals surface area contributed by atoms with E-state index in [1.54, 1.807) is 0 Å². The van der Waals surface area contributed by atoms with Crippen molar-refractivity contribution in [2.75, 3.05) is 26.2 Å². The lowest BCUT2D eigenvalue weighted by molar-refractivity contribution is -0.132. The fourth-order valence-corrected chi connectivity index (χ4v) is 4.15. The number of nitrogens with zero attached hydrogens (tertiary/aromatic N) is 3. The highest BCUT2D eigenvalue weighted by atomic mass is 16.2. The molecule has 2 aromatic rings. The third-order valence-corrected chi connectivity index (χ3v) is 5.72. The average molecular weight is 354 g/mol. The van der Waals surface area contributed by atoms with Crippen LogP contribution in [0.15, 0.2) is 24.4 Å². The first-order valence-corrected chi connectivity index (χ1v) is 10.2. The number of carbonyl (C=O) groups excluding carboxylic acids is 1. The molecule has 0 radical (unpaired) electrons. The van der Waals surface area contributed by atoms with Gasteiger partial charge in [0.15, 0.2) is 0 Å². The van der Waals surface area contributed by atoms with Crippen molar-refractivity contribution in [2.45, 2.75) is 51.5 Å². The van der Waals surface area contributed by atoms with Crippen molar-refractivity contribution in [2.24, 2.45) is 5.92 Å². The maximum Gasteiger partial charge on any atom is 0.242 e. The third kappa shape index (κ3) is 3.78. The van der Waals surface area contributed by atoms with Crippen LogP contribution in [0.1, 0.15) is 50.6 Å². The Morgan fingerprint density at radius 1 is 1.38 bits per heavy atom. The molecule has 1 saturated carbocycles. The molecule has 0 bridgehead atoms. The Morgan fingerprint density at radius 3 is 3.00 bits per heavy atom. The van der Waals surface area contributed by atoms with Crippen molar-refractivity contribution in [3.8, 4) is 0 Å². The highest BCUT2D eigenvalue weighted by Gasteiger charge is 2.28. The molecule has 1 amide bonds. The van der Waals surface area contributed by atoms with Gasteiger partial charge in [-0.2, -0.15) is 0 Å². The molecule has 0 aromatic carbocycles. The number of pyridine rings is 1. The molecule has 3 heterocycles. The molecule has 0 spiro atoms. The number of amides is 1. The van der Waals surface area contributed by atoms with Gasteiger partial charge in [0.2, 0.25) is 5.91 Å². The first-order chi connectivity index (χ1) is 12.8. The molecular formula is C21H30N4O. The number of rotatable bonds is 7. The van der Waals surface area contributed by atoms with Crippen LogP contribution < -0.4 is 5.32 Å². The number of aromatic nitrogens is 2. The summed E-state index contributed by atoms with van der Waals surface area (Å²) >= 11 is 0. The number of nitrogens with one attached hydrogen (secondary N) is 1. The first kappa shape index (κ1) is 17.5. The van der Waals surface area contributed by atoms with Gasteiger partial charge in [0, 0.05) is 42.8 Å². The van der Waals surface area contributed by atoms with Crippen molar-refractivity contribution in [3.63, 3.8) is 0 Å². The summed E-state index contributed by atoms with van der Waals surface area (Å²) in [5, 5.41) is 4.65. The highest BCUT2D eigenvalue weighted by Crippen LogP contribution is 2.31. The van der Waals surface area contributed by atoms with Crippen molar-refractivity contribution < 1.29 is 4.79 Å². The summed E-state index contributed by atoms with van der Waals surface area (Å²) < 4.78 is 2.19. The Labute approximate surface area is 155 Å². The molecule has 5 nitrogen and oxygen atoms in total. The minimum absolute atomic E-state index is 0.243. The second-order valence-electron chi connectivity index (χ2n) is 7.90. The van der Waals surface area contributed by atoms with Crippen molar-refractivity contribution in [3.05, 3.63) is 30.1 Å². The predicted molar refractivity (Wildman–Crippen MR) is 104 cm³/mol. The monoisotopic (exact) mass is 354 g/mol. The molecule has 1 aliphatic carbocycles. The summed E-state index contributed by atoms with van der Waals surface area (Å²) in [7, 11) is 0. The van der Waals surface area contributed by atoms with Crippen LogP contribution in [0.25, 0.3) is 11.0 Å². The standard InChI is InChI=1S/C21H30N4O/c1-2-11-24(14-16-7-8-16)20(26)15-25-19(18-6-3-9-22-13-18)12-17-5-4-10-23-21(17)25/h4-5,10,12,16,18,22H,2-3,6-9,11,13-15H2,1H3/t18-/m1/s1. The van der Waals surface area contributed by atoms with Crippen molar-refractivity contribution in [1.82, 2.24) is 19.8 Å². The van der Waals surface area contributed by atoms with Crippen LogP contribution in [0, 0.1) is 5.92 Å². The molecule has 0 unspecified atom stereocenters. The van der Waals surface area contributed by atoms with Crippen LogP contribution in [-0.4, -0.2) is 46.5 Å². The quantitative estimate of drug-likeness (QED) is 0.831. The summed E-state index contributed by atoms with van der Waals surface area (Å²) in [5.74, 6) is 1.44. The second kappa shape index (κ2) is 7.78. The van der Waals surface area contributed by atoms with E-state index in [2.05, 4.69) is 38.8 Å². The average Bonchev–Trinajstić information content (AvgIpc) is 3.42. The highest BCUT2D eigenvalue weighted by molar-refractivity contribution is 5.82. The molecule has 2 aromatic heterocycles. The van der Waals surface area contributed by atoms with Gasteiger partial charge in [0.05, 0.1) is 0 Å². The minimum atomic E-state index is 0.243. The zero-order valence-corrected chi connectivity index (χ0v) is 15.8. The fraction of sp³-hybridized carbons (Fsp3) is 0.619. The lowest BCUT2D eigenvalue weighted by Gasteiger charge is -2.26. The van der Waals surface area contributed by atoms with E-state index >= 15 is 0 Å². The van der Waals surface area contributed by atoms with Crippen LogP contribution in [0.5, 0.6) is 0 Å². The molecule has 1 aliphatic heterocycles. The van der Waals surface area contributed by atoms with Crippen molar-refractivity contribution in [1.29, 1.82) is 0 Å². The Balaban J connectivity index is 1.61. The first-order valence-electron chi connectivity index (χ1n) is 10.2. The van der Waals surface area contributed by atoms with Gasteiger partial charge in [-0.3, -0.25) is 4.79 Å². The third-order valence-electron chi connectivity index (χ3n) is 5.72. The number of carbonyl (C=O) groups is 1. The zero-order chi connectivity index (χ0) is 17.9. The van der Waals surface area contributed by atoms with E-state index in [-0.39, 0.29) is 5.91 Å². The van der Waals surface area contributed by atoms with Crippen LogP contribution in [0.4, 0.5) is 0 Å². The van der Waals surface area contributed by atoms with E-state index in [0.717, 1.165) is 49.6 Å². The summed E-state index contributed by atoms with van der Waals surface area (Å²) in [6.07, 6.45) is 7.78. The van der Waals surface area contributed by atoms with E-state index in [0.29, 0.717) is 12.5 Å². The van der Waals surface area contributed by atoms with E-state index in [1.165, 1.54) is 31.4 Å². The Hall–Kier alpha value is -1.88. The molecule has 1 atom stereocenters. The van der Waals surface area contributed by atoms with Crippen LogP contribution in [0.3, 0.4) is 0 Å². The summed E-state index contributed by atoms with van der Waals surface area (Å²) in [5.41, 5.74) is 2.21. The molecule has 2 aliphatic rings. The van der Waals surface area contributed by atoms with Gasteiger partial charge >= 0.3 is 0 Å². The SMILES string of the molecule is CCCN(CC1CC1)C(=O)Cn1c([C@@H]2CCCNC2)cc2cccnc21. The topological polar surface area (TPSA) is 50.2 Å². The zero-order valence-electron chi connectivity index (χ0n) is 15.8. The van der Waals surface area contributed by atoms with Crippen LogP contribution in [-0.2, 0) is 11.3 Å². The van der Waals surface area contributed by atoms with Gasteiger partial charge in [-0.1, -0.05) is 6.92 Å². The van der Waals surface area contributed by atoms with Gasteiger partial charge in [0.1, 0.15) is 12.2 Å². The van der Waals surface area contributed by atoms with E-state index in [1.807, 2.05) is 12.3 Å². The van der Waals surface area contributed by atoms with Gasteiger partial charge < -0.3 is 14.8 Å². The fourth-order valence-electron chi connectivity index (χ4n) is 4.15. The summed E-state index contributed by atoms with van der Waals surface area (Å²) in [6.45, 7) is 6.45. The molecule has 1 saturated heterocycles. The number of piperidine rings is 1. The maximum absolute atomic E-state index is 13.1. The largest absolute Gasteiger partial charge is 0.341 e. The molecule has 2 fully saturated rings. The van der Waals surface area contributed by atoms with E-state index < -0.39 is 0 Å². The molecule has 4 rings (SSSR count). The molecule has 26 heavy (non-hydrogen) atoms. The lowest BCUT2D eigenvalue weighted by Crippen LogP contribution is -2.37. The smallest absolute Gasteiger partial charge is 0.242 e. The molecular weight excluding hydrogens is 324 g/mol. The molecule has 1 N–H and O–H groups in total. The number of hydrogen-bond donors (Lipinski definition) is 1. The Morgan fingerprint density at radius 2 is 2.27 bits per heavy atom. The van der Waals surface area contributed by atoms with Crippen molar-refractivity contribution >= 4 is 16.9 Å². The lowest BCUT2D eigenvalue weighted by atomic mass is 9.96. The van der Waals surface area contributed by atoms with E-state index in [4.69, 9.17) is 0 Å². The number of fused-ring (bicyclic) bond motifs is 1. The van der Waals surface area contributed by atoms with Gasteiger partial charge in [0.25, 0.3) is 0 Å². The normalized spacial score (nSPS) is 20.4. The Bertz CT molecular complexity index is 758. The number of hydrogen-bond acceptors (Lipinski definition) is 3. The summed E-state index contributed by atoms with van der Waals surface area (Å²) in [6, 6.07) is 6.34. The van der Waals surface area contributed by atoms with Gasteiger partial charge in [-0.05, 0) is 62.8 Å². The van der Waals surface area contributed by atoms with Gasteiger partial charge in [-0.25, -0.2) is 4.98 Å². The second-order valence-corrected chi connectivity index (χ2v) is 7.90. The van der Waals surface area contributed by atoms with Crippen LogP contribution >= 0.6 is 0 Å². The van der Waals surface area contributed by atoms with Crippen LogP contribution in [0.2, 0.25) is 0 Å². The predicted octanol–water partition coefficient (Wildman–Crippen LogP) is 3.15. The minimum Gasteiger partial charge on any atom is -0.341 e. The van der Waals surface area contributed by atoms with E-state index in [9.17, 15) is 4.79 Å². The molecule has 140 valence electrons. The maximum atomic E-state index is 13.1. The Kier molecular flexibility index (Phi) is 5.25. The molecule has 5 heteroatoms.